The van der Waals surface area contributed by atoms with E-state index < -0.39 is 0 Å². The molecule has 0 heterocycles. The van der Waals surface area contributed by atoms with Crippen molar-refractivity contribution in [2.24, 2.45) is 0 Å². The maximum atomic E-state index is 9.86. The van der Waals surface area contributed by atoms with Gasteiger partial charge in [-0.3, -0.25) is 0 Å². The molecule has 0 amide bonds. The minimum Gasteiger partial charge on any atom is -0.507 e. The molecule has 0 spiro atoms. The van der Waals surface area contributed by atoms with Crippen LogP contribution >= 0.6 is 0 Å². The Balaban J connectivity index is 3.76. The number of benzene rings is 1. The van der Waals surface area contributed by atoms with Crippen LogP contribution in [-0.2, 0) is 0 Å². The lowest BCUT2D eigenvalue weighted by Crippen LogP contribution is -2.28. The number of phenolic OH excluding ortho intramolecular Hbond substituents is 1. The van der Waals surface area contributed by atoms with Crippen LogP contribution in [0.25, 0.3) is 12.2 Å². The molecule has 14 heavy (non-hydrogen) atoms. The second-order valence-electron chi connectivity index (χ2n) is 3.36. The highest BCUT2D eigenvalue weighted by molar-refractivity contribution is 5.54. The molecule has 0 saturated heterocycles. The molecule has 1 aromatic carbocycles. The summed E-state index contributed by atoms with van der Waals surface area (Å²) in [4.78, 5) is 0. The number of aromatic hydroxyl groups is 1. The van der Waals surface area contributed by atoms with Crippen molar-refractivity contribution in [3.8, 4) is 5.75 Å². The molecule has 0 aliphatic carbocycles. The van der Waals surface area contributed by atoms with Gasteiger partial charge in [0, 0.05) is 16.1 Å². The average molecular weight is 191 g/mol. The SMILES string of the molecule is C/C=c1/c(N)cc(C)c(O)/c1=C/CC. The number of aryl methyl sites for hydroxylation is 1. The van der Waals surface area contributed by atoms with Crippen LogP contribution in [-0.4, -0.2) is 5.11 Å². The van der Waals surface area contributed by atoms with Gasteiger partial charge in [-0.15, -0.1) is 0 Å². The van der Waals surface area contributed by atoms with Crippen LogP contribution in [0.15, 0.2) is 6.07 Å². The molecule has 0 atom stereocenters. The topological polar surface area (TPSA) is 46.2 Å². The van der Waals surface area contributed by atoms with Crippen molar-refractivity contribution >= 4 is 17.8 Å². The minimum absolute atomic E-state index is 0.342. The summed E-state index contributed by atoms with van der Waals surface area (Å²) < 4.78 is 0. The number of anilines is 1. The molecular weight excluding hydrogens is 174 g/mol. The fraction of sp³-hybridized carbons (Fsp3) is 0.333. The van der Waals surface area contributed by atoms with E-state index in [1.165, 1.54) is 0 Å². The third kappa shape index (κ3) is 1.74. The minimum atomic E-state index is 0.342. The lowest BCUT2D eigenvalue weighted by atomic mass is 10.1. The van der Waals surface area contributed by atoms with Crippen LogP contribution in [0, 0.1) is 6.92 Å². The zero-order chi connectivity index (χ0) is 10.7. The van der Waals surface area contributed by atoms with Crippen LogP contribution in [0.3, 0.4) is 0 Å². The van der Waals surface area contributed by atoms with E-state index in [-0.39, 0.29) is 0 Å². The largest absolute Gasteiger partial charge is 0.507 e. The molecule has 0 aromatic heterocycles. The molecule has 0 saturated carbocycles. The maximum absolute atomic E-state index is 9.86. The second kappa shape index (κ2) is 4.18. The van der Waals surface area contributed by atoms with Crippen LogP contribution < -0.4 is 16.2 Å². The smallest absolute Gasteiger partial charge is 0.126 e. The monoisotopic (exact) mass is 191 g/mol. The number of hydrogen-bond donors (Lipinski definition) is 2. The van der Waals surface area contributed by atoms with E-state index in [1.54, 1.807) is 6.07 Å². The number of phenols is 1. The first-order chi connectivity index (χ1) is 6.61. The Labute approximate surface area is 84.4 Å². The van der Waals surface area contributed by atoms with E-state index in [4.69, 9.17) is 5.73 Å². The molecule has 0 radical (unpaired) electrons. The quantitative estimate of drug-likeness (QED) is 0.519. The first-order valence-electron chi connectivity index (χ1n) is 4.86. The zero-order valence-corrected chi connectivity index (χ0v) is 8.96. The van der Waals surface area contributed by atoms with Gasteiger partial charge in [-0.1, -0.05) is 19.1 Å². The first kappa shape index (κ1) is 10.6. The number of rotatable bonds is 1. The fourth-order valence-electron chi connectivity index (χ4n) is 1.61. The summed E-state index contributed by atoms with van der Waals surface area (Å²) in [6, 6.07) is 1.80. The maximum Gasteiger partial charge on any atom is 0.126 e. The van der Waals surface area contributed by atoms with E-state index in [0.29, 0.717) is 5.75 Å². The van der Waals surface area contributed by atoms with Gasteiger partial charge >= 0.3 is 0 Å². The Morgan fingerprint density at radius 3 is 2.57 bits per heavy atom. The van der Waals surface area contributed by atoms with E-state index in [2.05, 4.69) is 0 Å². The highest BCUT2D eigenvalue weighted by Crippen LogP contribution is 2.10. The molecule has 0 aliphatic heterocycles. The number of hydrogen-bond acceptors (Lipinski definition) is 2. The van der Waals surface area contributed by atoms with E-state index >= 15 is 0 Å². The summed E-state index contributed by atoms with van der Waals surface area (Å²) in [5, 5.41) is 11.6. The molecule has 0 bridgehead atoms. The lowest BCUT2D eigenvalue weighted by molar-refractivity contribution is 0.466. The highest BCUT2D eigenvalue weighted by atomic mass is 16.3. The first-order valence-corrected chi connectivity index (χ1v) is 4.86. The molecule has 1 rings (SSSR count). The van der Waals surface area contributed by atoms with Crippen molar-refractivity contribution in [3.63, 3.8) is 0 Å². The molecule has 3 N–H and O–H groups in total. The number of nitrogen functional groups attached to an aromatic ring is 1. The van der Waals surface area contributed by atoms with Crippen LogP contribution in [0.4, 0.5) is 5.69 Å². The summed E-state index contributed by atoms with van der Waals surface area (Å²) in [7, 11) is 0. The molecular formula is C12H17NO. The van der Waals surface area contributed by atoms with Gasteiger partial charge in [0.25, 0.3) is 0 Å². The van der Waals surface area contributed by atoms with E-state index in [1.807, 2.05) is 32.9 Å². The lowest BCUT2D eigenvalue weighted by Gasteiger charge is -2.04. The van der Waals surface area contributed by atoms with Gasteiger partial charge < -0.3 is 10.8 Å². The Hall–Kier alpha value is -1.44. The third-order valence-corrected chi connectivity index (χ3v) is 2.30. The Bertz CT molecular complexity index is 446. The average Bonchev–Trinajstić information content (AvgIpc) is 2.14. The van der Waals surface area contributed by atoms with Gasteiger partial charge in [0.2, 0.25) is 0 Å². The Morgan fingerprint density at radius 2 is 2.07 bits per heavy atom. The van der Waals surface area contributed by atoms with Gasteiger partial charge in [0.05, 0.1) is 0 Å². The van der Waals surface area contributed by atoms with Crippen LogP contribution in [0.5, 0.6) is 5.75 Å². The van der Waals surface area contributed by atoms with Crippen molar-refractivity contribution in [3.05, 3.63) is 22.1 Å². The normalized spacial score (nSPS) is 13.6. The van der Waals surface area contributed by atoms with Crippen LogP contribution in [0.2, 0.25) is 0 Å². The molecule has 76 valence electrons. The van der Waals surface area contributed by atoms with Crippen LogP contribution in [0.1, 0.15) is 25.8 Å². The third-order valence-electron chi connectivity index (χ3n) is 2.30. The number of nitrogens with two attached hydrogens (primary N) is 1. The summed E-state index contributed by atoms with van der Waals surface area (Å²) in [6.45, 7) is 5.82. The summed E-state index contributed by atoms with van der Waals surface area (Å²) >= 11 is 0. The second-order valence-corrected chi connectivity index (χ2v) is 3.36. The molecule has 2 nitrogen and oxygen atoms in total. The Morgan fingerprint density at radius 1 is 1.43 bits per heavy atom. The van der Waals surface area contributed by atoms with E-state index in [0.717, 1.165) is 28.1 Å². The van der Waals surface area contributed by atoms with Gasteiger partial charge in [-0.05, 0) is 31.9 Å². The molecule has 1 aromatic rings. The fourth-order valence-corrected chi connectivity index (χ4v) is 1.61. The highest BCUT2D eigenvalue weighted by Gasteiger charge is 2.01. The van der Waals surface area contributed by atoms with Crippen molar-refractivity contribution in [2.75, 3.05) is 5.73 Å². The summed E-state index contributed by atoms with van der Waals surface area (Å²) in [6.07, 6.45) is 4.81. The predicted octanol–water partition coefficient (Wildman–Crippen LogP) is 1.27. The van der Waals surface area contributed by atoms with Gasteiger partial charge in [-0.25, -0.2) is 0 Å². The summed E-state index contributed by atoms with van der Waals surface area (Å²) in [5.74, 6) is 0.342. The molecule has 0 unspecified atom stereocenters. The molecule has 0 aliphatic rings. The standard InChI is InChI=1S/C12H17NO/c1-4-6-10-9(5-2)11(13)7-8(3)12(10)14/h5-7,14H,4,13H2,1-3H3/b9-5+,10-6+. The van der Waals surface area contributed by atoms with Crippen molar-refractivity contribution in [2.45, 2.75) is 27.2 Å². The van der Waals surface area contributed by atoms with Gasteiger partial charge in [0.15, 0.2) is 0 Å². The zero-order valence-electron chi connectivity index (χ0n) is 8.96. The van der Waals surface area contributed by atoms with Crippen molar-refractivity contribution in [1.29, 1.82) is 0 Å². The predicted molar refractivity (Wildman–Crippen MR) is 61.4 cm³/mol. The summed E-state index contributed by atoms with van der Waals surface area (Å²) in [5.41, 5.74) is 7.42. The Kier molecular flexibility index (Phi) is 3.18. The molecule has 0 fully saturated rings. The van der Waals surface area contributed by atoms with E-state index in [9.17, 15) is 5.11 Å². The van der Waals surface area contributed by atoms with Gasteiger partial charge in [0.1, 0.15) is 5.75 Å². The van der Waals surface area contributed by atoms with Crippen molar-refractivity contribution < 1.29 is 5.11 Å². The van der Waals surface area contributed by atoms with Gasteiger partial charge in [-0.2, -0.15) is 0 Å². The molecule has 2 heteroatoms. The van der Waals surface area contributed by atoms with Crippen molar-refractivity contribution in [1.82, 2.24) is 0 Å².